The Bertz CT molecular complexity index is 3370. The second-order valence-corrected chi connectivity index (χ2v) is 18.6. The zero-order chi connectivity index (χ0) is 45.1. The molecule has 0 unspecified atom stereocenters. The van der Waals surface area contributed by atoms with E-state index in [0.717, 1.165) is 56.4 Å². The average molecular weight is 857 g/mol. The molecule has 0 N–H and O–H groups in total. The number of pyridine rings is 1. The van der Waals surface area contributed by atoms with Crippen LogP contribution in [-0.2, 0) is 5.41 Å². The molecule has 0 fully saturated rings. The molecular weight excluding hydrogens is 805 g/mol. The number of nitrogens with zero attached hydrogens (tertiary/aromatic N) is 4. The molecule has 0 radical (unpaired) electrons. The van der Waals surface area contributed by atoms with E-state index in [2.05, 4.69) is 238 Å². The molecule has 1 aliphatic heterocycles. The molecule has 0 bridgehead atoms. The highest BCUT2D eigenvalue weighted by Crippen LogP contribution is 2.50. The molecule has 66 heavy (non-hydrogen) atoms. The molecule has 0 aliphatic carbocycles. The van der Waals surface area contributed by atoms with Crippen molar-refractivity contribution < 1.29 is 4.74 Å². The molecular formula is C61H52N4O. The van der Waals surface area contributed by atoms with E-state index in [0.29, 0.717) is 6.67 Å². The van der Waals surface area contributed by atoms with Crippen molar-refractivity contribution >= 4 is 44.6 Å². The monoisotopic (exact) mass is 856 g/mol. The van der Waals surface area contributed by atoms with Gasteiger partial charge in [0.2, 0.25) is 0 Å². The van der Waals surface area contributed by atoms with Crippen LogP contribution in [0.15, 0.2) is 194 Å². The average Bonchev–Trinajstić information content (AvgIpc) is 3.88. The Morgan fingerprint density at radius 3 is 1.76 bits per heavy atom. The third kappa shape index (κ3) is 7.18. The number of aromatic nitrogens is 2. The lowest BCUT2D eigenvalue weighted by Gasteiger charge is -2.27. The summed E-state index contributed by atoms with van der Waals surface area (Å²) in [7, 11) is 0. The second-order valence-electron chi connectivity index (χ2n) is 18.6. The molecule has 0 amide bonds. The van der Waals surface area contributed by atoms with Crippen molar-refractivity contribution in [2.45, 2.75) is 47.0 Å². The fraction of sp³-hybridized carbons (Fsp3) is 0.131. The maximum Gasteiger partial charge on any atom is 0.138 e. The Balaban J connectivity index is 0.966. The summed E-state index contributed by atoms with van der Waals surface area (Å²) in [5.74, 6) is 2.40. The van der Waals surface area contributed by atoms with Crippen LogP contribution in [0.1, 0.15) is 43.0 Å². The predicted molar refractivity (Wildman–Crippen MR) is 276 cm³/mol. The van der Waals surface area contributed by atoms with Crippen LogP contribution in [0.5, 0.6) is 11.5 Å². The van der Waals surface area contributed by atoms with Crippen LogP contribution in [0, 0.1) is 20.8 Å². The smallest absolute Gasteiger partial charge is 0.138 e. The van der Waals surface area contributed by atoms with E-state index in [-0.39, 0.29) is 5.41 Å². The first-order chi connectivity index (χ1) is 32.1. The summed E-state index contributed by atoms with van der Waals surface area (Å²) in [5.41, 5.74) is 19.0. The van der Waals surface area contributed by atoms with Gasteiger partial charge in [0.15, 0.2) is 0 Å². The molecule has 0 saturated carbocycles. The van der Waals surface area contributed by atoms with Crippen molar-refractivity contribution in [1.29, 1.82) is 0 Å². The number of fused-ring (bicyclic) bond motifs is 4. The van der Waals surface area contributed by atoms with E-state index in [1.54, 1.807) is 0 Å². The Hall–Kier alpha value is -7.89. The van der Waals surface area contributed by atoms with E-state index < -0.39 is 0 Å². The Kier molecular flexibility index (Phi) is 10.1. The minimum atomic E-state index is 0.0696. The number of aryl methyl sites for hydroxylation is 3. The Morgan fingerprint density at radius 1 is 0.485 bits per heavy atom. The SMILES string of the molecule is Cc1cnc(-n2c3ccccc3c3ccc(Oc4cccc(N5CN(c6c(-c7ccccc7)cccc6-c6ccccc6)c6ccccc65)c4)cc32)cc1-c1c(C)cc(C(C)(C)C)cc1C. The van der Waals surface area contributed by atoms with Gasteiger partial charge in [0.05, 0.1) is 28.1 Å². The highest BCUT2D eigenvalue weighted by atomic mass is 16.5. The van der Waals surface area contributed by atoms with Crippen LogP contribution >= 0.6 is 0 Å². The standard InChI is InChI=1S/C61H52N4O/c1-40-33-45(61(4,5)6)34-41(2)59(40)53-37-58(62-38-42(53)3)65-54-28-14-13-25-51(54)52-32-31-48(36-57(52)65)66-47-24-17-23-46(35-47)63-39-64(56-30-16-15-29-55(56)63)60-49(43-19-9-7-10-20-43)26-18-27-50(60)44-21-11-8-12-22-44/h7-38H,39H2,1-6H3. The summed E-state index contributed by atoms with van der Waals surface area (Å²) in [6.07, 6.45) is 2.02. The van der Waals surface area contributed by atoms with Gasteiger partial charge in [-0.2, -0.15) is 0 Å². The van der Waals surface area contributed by atoms with Crippen molar-refractivity contribution in [2.75, 3.05) is 16.5 Å². The van der Waals surface area contributed by atoms with E-state index in [4.69, 9.17) is 9.72 Å². The van der Waals surface area contributed by atoms with Crippen molar-refractivity contribution in [3.05, 3.63) is 217 Å². The summed E-state index contributed by atoms with van der Waals surface area (Å²) in [6, 6.07) is 67.3. The third-order valence-electron chi connectivity index (χ3n) is 13.2. The third-order valence-corrected chi connectivity index (χ3v) is 13.2. The van der Waals surface area contributed by atoms with Crippen LogP contribution in [0.2, 0.25) is 0 Å². The van der Waals surface area contributed by atoms with Crippen LogP contribution in [0.3, 0.4) is 0 Å². The summed E-state index contributed by atoms with van der Waals surface area (Å²) in [6.45, 7) is 14.1. The molecule has 8 aromatic carbocycles. The minimum Gasteiger partial charge on any atom is -0.457 e. The van der Waals surface area contributed by atoms with Gasteiger partial charge in [-0.1, -0.05) is 148 Å². The zero-order valence-electron chi connectivity index (χ0n) is 38.4. The molecule has 11 rings (SSSR count). The van der Waals surface area contributed by atoms with Crippen LogP contribution < -0.4 is 14.5 Å². The molecule has 5 nitrogen and oxygen atoms in total. The van der Waals surface area contributed by atoms with Gasteiger partial charge in [-0.25, -0.2) is 4.98 Å². The number of para-hydroxylation sites is 4. The van der Waals surface area contributed by atoms with Gasteiger partial charge in [-0.15, -0.1) is 0 Å². The van der Waals surface area contributed by atoms with Gasteiger partial charge in [-0.05, 0) is 119 Å². The quantitative estimate of drug-likeness (QED) is 0.152. The van der Waals surface area contributed by atoms with Crippen molar-refractivity contribution in [2.24, 2.45) is 0 Å². The number of hydrogen-bond donors (Lipinski definition) is 0. The Labute approximate surface area is 387 Å². The first kappa shape index (κ1) is 40.9. The van der Waals surface area contributed by atoms with Gasteiger partial charge in [0, 0.05) is 45.9 Å². The molecule has 0 saturated heterocycles. The first-order valence-corrected chi connectivity index (χ1v) is 22.9. The van der Waals surface area contributed by atoms with Crippen molar-refractivity contribution in [3.63, 3.8) is 0 Å². The summed E-state index contributed by atoms with van der Waals surface area (Å²) in [4.78, 5) is 9.95. The molecule has 0 atom stereocenters. The van der Waals surface area contributed by atoms with Gasteiger partial charge in [-0.3, -0.25) is 4.57 Å². The predicted octanol–water partition coefficient (Wildman–Crippen LogP) is 16.4. The molecule has 3 heterocycles. The topological polar surface area (TPSA) is 33.5 Å². The molecule has 322 valence electrons. The number of rotatable bonds is 8. The van der Waals surface area contributed by atoms with E-state index in [1.165, 1.54) is 61.1 Å². The minimum absolute atomic E-state index is 0.0696. The number of anilines is 4. The second kappa shape index (κ2) is 16.3. The largest absolute Gasteiger partial charge is 0.457 e. The highest BCUT2D eigenvalue weighted by Gasteiger charge is 2.31. The van der Waals surface area contributed by atoms with Gasteiger partial charge >= 0.3 is 0 Å². The lowest BCUT2D eigenvalue weighted by atomic mass is 9.82. The maximum absolute atomic E-state index is 6.84. The van der Waals surface area contributed by atoms with E-state index in [9.17, 15) is 0 Å². The fourth-order valence-corrected chi connectivity index (χ4v) is 10.00. The molecule has 0 spiro atoms. The lowest BCUT2D eigenvalue weighted by molar-refractivity contribution is 0.483. The van der Waals surface area contributed by atoms with E-state index in [1.807, 2.05) is 12.3 Å². The summed E-state index contributed by atoms with van der Waals surface area (Å²) < 4.78 is 9.12. The first-order valence-electron chi connectivity index (χ1n) is 22.9. The molecule has 10 aromatic rings. The Morgan fingerprint density at radius 2 is 1.08 bits per heavy atom. The van der Waals surface area contributed by atoms with Crippen molar-refractivity contribution in [3.8, 4) is 50.7 Å². The fourth-order valence-electron chi connectivity index (χ4n) is 10.00. The number of benzene rings is 8. The van der Waals surface area contributed by atoms with Crippen LogP contribution in [0.25, 0.3) is 61.0 Å². The summed E-state index contributed by atoms with van der Waals surface area (Å²) in [5, 5.41) is 2.32. The molecule has 2 aromatic heterocycles. The summed E-state index contributed by atoms with van der Waals surface area (Å²) >= 11 is 0. The van der Waals surface area contributed by atoms with Crippen molar-refractivity contribution in [1.82, 2.24) is 9.55 Å². The van der Waals surface area contributed by atoms with Gasteiger partial charge in [0.1, 0.15) is 24.0 Å². The van der Waals surface area contributed by atoms with E-state index >= 15 is 0 Å². The molecule has 1 aliphatic rings. The lowest BCUT2D eigenvalue weighted by Crippen LogP contribution is -2.24. The van der Waals surface area contributed by atoms with Crippen LogP contribution in [0.4, 0.5) is 22.7 Å². The molecule has 5 heteroatoms. The van der Waals surface area contributed by atoms with Gasteiger partial charge in [0.25, 0.3) is 0 Å². The number of ether oxygens (including phenoxy) is 1. The maximum atomic E-state index is 6.84. The van der Waals surface area contributed by atoms with Crippen LogP contribution in [-0.4, -0.2) is 16.2 Å². The number of hydrogen-bond acceptors (Lipinski definition) is 4. The van der Waals surface area contributed by atoms with Gasteiger partial charge < -0.3 is 14.5 Å². The normalized spacial score (nSPS) is 12.6. The zero-order valence-corrected chi connectivity index (χ0v) is 38.4. The highest BCUT2D eigenvalue weighted by molar-refractivity contribution is 6.09.